The van der Waals surface area contributed by atoms with Crippen LogP contribution in [0.3, 0.4) is 0 Å². The van der Waals surface area contributed by atoms with Gasteiger partial charge in [-0.2, -0.15) is 36.3 Å². The molecule has 2 fully saturated rings. The zero-order chi connectivity index (χ0) is 42.7. The van der Waals surface area contributed by atoms with Crippen molar-refractivity contribution in [2.24, 2.45) is 0 Å². The monoisotopic (exact) mass is 844 g/mol. The maximum absolute atomic E-state index is 17.3. The van der Waals surface area contributed by atoms with Crippen molar-refractivity contribution in [3.63, 3.8) is 0 Å². The first-order valence-electron chi connectivity index (χ1n) is 19.3. The third-order valence-electron chi connectivity index (χ3n) is 11.5. The predicted octanol–water partition coefficient (Wildman–Crippen LogP) is 8.81. The molecule has 0 radical (unpaired) electrons. The summed E-state index contributed by atoms with van der Waals surface area (Å²) in [5, 5.41) is 3.15. The van der Waals surface area contributed by atoms with Crippen LogP contribution in [-0.4, -0.2) is 81.5 Å². The average molecular weight is 845 g/mol. The molecule has 3 aliphatic rings. The Morgan fingerprint density at radius 1 is 0.967 bits per heavy atom. The molecule has 11 nitrogen and oxygen atoms in total. The molecule has 0 aliphatic carbocycles. The Kier molecular flexibility index (Phi) is 10.6. The SMILES string of the molecule is COc1ccc(CNc2ncccc2[C@@H](C)N2CCOc3nc(-c4c(C(F)(F)F)c(C)nc(C)c4C(F)(F)F)c(F)c4nc(OC[C@@]56CCCN5C[C@H](F)C6)nc2c34)cc1. The Balaban J connectivity index is 1.29. The molecule has 0 unspecified atom stereocenters. The normalized spacial score (nSPS) is 19.9. The lowest BCUT2D eigenvalue weighted by molar-refractivity contribution is -0.143. The Hall–Kier alpha value is -5.59. The lowest BCUT2D eigenvalue weighted by Crippen LogP contribution is -2.43. The molecule has 3 aliphatic heterocycles. The van der Waals surface area contributed by atoms with Crippen molar-refractivity contribution in [1.82, 2.24) is 29.8 Å². The van der Waals surface area contributed by atoms with E-state index in [4.69, 9.17) is 19.2 Å². The summed E-state index contributed by atoms with van der Waals surface area (Å²) in [5.74, 6) is -0.878. The van der Waals surface area contributed by atoms with Gasteiger partial charge in [0.25, 0.3) is 0 Å². The second-order valence-electron chi connectivity index (χ2n) is 15.3. The fraction of sp³-hybridized carbons (Fsp3) is 0.439. The van der Waals surface area contributed by atoms with E-state index in [1.165, 1.54) is 0 Å². The van der Waals surface area contributed by atoms with Gasteiger partial charge in [0, 0.05) is 36.8 Å². The highest BCUT2D eigenvalue weighted by Crippen LogP contribution is 2.50. The van der Waals surface area contributed by atoms with Crippen LogP contribution < -0.4 is 24.4 Å². The first-order valence-corrected chi connectivity index (χ1v) is 19.3. The average Bonchev–Trinajstić information content (AvgIpc) is 3.65. The van der Waals surface area contributed by atoms with Crippen LogP contribution in [0, 0.1) is 19.7 Å². The number of hydrogen-bond acceptors (Lipinski definition) is 11. The number of fused-ring (bicyclic) bond motifs is 1. The Bertz CT molecular complexity index is 2400. The fourth-order valence-corrected chi connectivity index (χ4v) is 8.80. The van der Waals surface area contributed by atoms with Gasteiger partial charge in [-0.1, -0.05) is 18.2 Å². The maximum atomic E-state index is 17.3. The van der Waals surface area contributed by atoms with Gasteiger partial charge >= 0.3 is 18.4 Å². The summed E-state index contributed by atoms with van der Waals surface area (Å²) < 4.78 is 138. The molecule has 0 bridgehead atoms. The van der Waals surface area contributed by atoms with Gasteiger partial charge in [0.15, 0.2) is 5.82 Å². The minimum atomic E-state index is -5.40. The van der Waals surface area contributed by atoms with E-state index < -0.39 is 87.1 Å². The summed E-state index contributed by atoms with van der Waals surface area (Å²) in [6.07, 6.45) is -8.75. The standard InChI is InChI=1S/C41H40F8N8O3/c1-21-30(40(44,45)46)28(31(22(2)52-21)41(47,48)49)33-32(43)34-29-36(55-38(54-34)60-20-39-12-6-14-56(39)19-25(42)17-39)57(15-16-59-37(29)53-33)23(3)27-7-5-13-50-35(27)51-18-24-8-10-26(58-4)11-9-24/h5,7-11,13,23,25H,6,12,14-20H2,1-4H3,(H,50,51)/t23-,25-,39+/m1/s1. The summed E-state index contributed by atoms with van der Waals surface area (Å²) in [7, 11) is 1.57. The third kappa shape index (κ3) is 7.44. The second-order valence-corrected chi connectivity index (χ2v) is 15.3. The van der Waals surface area contributed by atoms with Gasteiger partial charge in [-0.25, -0.2) is 18.7 Å². The minimum Gasteiger partial charge on any atom is -0.497 e. The van der Waals surface area contributed by atoms with Crippen molar-refractivity contribution in [2.45, 2.75) is 76.7 Å². The Morgan fingerprint density at radius 2 is 1.68 bits per heavy atom. The molecule has 4 aromatic heterocycles. The summed E-state index contributed by atoms with van der Waals surface area (Å²) in [5.41, 5.74) is -7.83. The molecule has 1 N–H and O–H groups in total. The molecule has 0 saturated carbocycles. The molecular weight excluding hydrogens is 804 g/mol. The van der Waals surface area contributed by atoms with Gasteiger partial charge in [0.1, 0.15) is 53.4 Å². The highest BCUT2D eigenvalue weighted by Gasteiger charge is 2.50. The van der Waals surface area contributed by atoms with Crippen molar-refractivity contribution in [1.29, 1.82) is 0 Å². The summed E-state index contributed by atoms with van der Waals surface area (Å²) in [6.45, 7) is 4.59. The van der Waals surface area contributed by atoms with Gasteiger partial charge in [-0.3, -0.25) is 9.88 Å². The number of pyridine rings is 3. The van der Waals surface area contributed by atoms with E-state index in [2.05, 4.69) is 25.3 Å². The van der Waals surface area contributed by atoms with Crippen molar-refractivity contribution >= 4 is 22.5 Å². The zero-order valence-corrected chi connectivity index (χ0v) is 32.9. The van der Waals surface area contributed by atoms with Crippen molar-refractivity contribution in [3.8, 4) is 28.9 Å². The molecule has 8 rings (SSSR count). The molecule has 2 saturated heterocycles. The highest BCUT2D eigenvalue weighted by molar-refractivity contribution is 5.97. The Labute approximate surface area is 339 Å². The van der Waals surface area contributed by atoms with Crippen LogP contribution in [-0.2, 0) is 18.9 Å². The fourth-order valence-electron chi connectivity index (χ4n) is 8.80. The summed E-state index contributed by atoms with van der Waals surface area (Å²) in [6, 6.07) is 9.96. The molecule has 3 atom stereocenters. The smallest absolute Gasteiger partial charge is 0.418 e. The van der Waals surface area contributed by atoms with Gasteiger partial charge in [0.05, 0.1) is 47.8 Å². The minimum absolute atomic E-state index is 0.00246. The van der Waals surface area contributed by atoms with E-state index in [9.17, 15) is 30.7 Å². The van der Waals surface area contributed by atoms with E-state index in [0.717, 1.165) is 25.8 Å². The largest absolute Gasteiger partial charge is 0.497 e. The number of aryl methyl sites for hydroxylation is 2. The van der Waals surface area contributed by atoms with Crippen LogP contribution >= 0.6 is 0 Å². The number of anilines is 2. The number of ether oxygens (including phenoxy) is 3. The number of rotatable bonds is 10. The molecule has 0 spiro atoms. The number of aromatic nitrogens is 5. The number of halogens is 8. The first kappa shape index (κ1) is 41.2. The topological polar surface area (TPSA) is 111 Å². The van der Waals surface area contributed by atoms with Gasteiger partial charge in [0.2, 0.25) is 5.88 Å². The molecule has 19 heteroatoms. The molecular formula is C41H40F8N8O3. The van der Waals surface area contributed by atoms with Crippen LogP contribution in [0.5, 0.6) is 17.6 Å². The molecule has 5 aromatic rings. The van der Waals surface area contributed by atoms with Crippen LogP contribution in [0.25, 0.3) is 22.2 Å². The number of hydrogen-bond donors (Lipinski definition) is 1. The summed E-state index contributed by atoms with van der Waals surface area (Å²) >= 11 is 0. The lowest BCUT2D eigenvalue weighted by atomic mass is 9.94. The van der Waals surface area contributed by atoms with Crippen LogP contribution in [0.4, 0.5) is 46.8 Å². The van der Waals surface area contributed by atoms with Crippen LogP contribution in [0.15, 0.2) is 42.6 Å². The van der Waals surface area contributed by atoms with Crippen LogP contribution in [0.1, 0.15) is 65.9 Å². The molecule has 318 valence electrons. The van der Waals surface area contributed by atoms with E-state index in [0.29, 0.717) is 36.6 Å². The predicted molar refractivity (Wildman–Crippen MR) is 204 cm³/mol. The number of alkyl halides is 7. The van der Waals surface area contributed by atoms with Gasteiger partial charge in [-0.15, -0.1) is 0 Å². The lowest BCUT2D eigenvalue weighted by Gasteiger charge is -2.32. The molecule has 60 heavy (non-hydrogen) atoms. The van der Waals surface area contributed by atoms with Crippen molar-refractivity contribution < 1.29 is 49.3 Å². The van der Waals surface area contributed by atoms with E-state index >= 15 is 4.39 Å². The quantitative estimate of drug-likeness (QED) is 0.136. The van der Waals surface area contributed by atoms with E-state index in [-0.39, 0.29) is 43.9 Å². The number of methoxy groups -OCH3 is 1. The number of benzene rings is 1. The van der Waals surface area contributed by atoms with Crippen molar-refractivity contribution in [2.75, 3.05) is 50.2 Å². The number of nitrogens with one attached hydrogen (secondary N) is 1. The number of nitrogens with zero attached hydrogens (tertiary/aromatic N) is 7. The van der Waals surface area contributed by atoms with E-state index in [1.807, 2.05) is 42.2 Å². The molecule has 0 amide bonds. The second kappa shape index (κ2) is 15.5. The van der Waals surface area contributed by atoms with E-state index in [1.54, 1.807) is 24.3 Å². The molecule has 1 aromatic carbocycles. The van der Waals surface area contributed by atoms with Gasteiger partial charge in [-0.05, 0) is 63.9 Å². The summed E-state index contributed by atoms with van der Waals surface area (Å²) in [4.78, 5) is 24.9. The van der Waals surface area contributed by atoms with Crippen molar-refractivity contribution in [3.05, 3.63) is 82.1 Å². The first-order chi connectivity index (χ1) is 28.5. The maximum Gasteiger partial charge on any atom is 0.418 e. The molecule has 7 heterocycles. The van der Waals surface area contributed by atoms with Gasteiger partial charge < -0.3 is 24.4 Å². The third-order valence-corrected chi connectivity index (χ3v) is 11.5. The highest BCUT2D eigenvalue weighted by atomic mass is 19.4. The van der Waals surface area contributed by atoms with Crippen LogP contribution in [0.2, 0.25) is 0 Å². The zero-order valence-electron chi connectivity index (χ0n) is 32.9. The Morgan fingerprint density at radius 3 is 2.37 bits per heavy atom.